The van der Waals surface area contributed by atoms with Gasteiger partial charge in [0.1, 0.15) is 12.7 Å². The summed E-state index contributed by atoms with van der Waals surface area (Å²) in [4.78, 5) is 4.03. The summed E-state index contributed by atoms with van der Waals surface area (Å²) in [5.74, 6) is 0.540. The molecule has 0 fully saturated rings. The zero-order valence-corrected chi connectivity index (χ0v) is 6.92. The van der Waals surface area contributed by atoms with Crippen molar-refractivity contribution in [1.29, 1.82) is 0 Å². The van der Waals surface area contributed by atoms with Gasteiger partial charge in [-0.3, -0.25) is 0 Å². The van der Waals surface area contributed by atoms with E-state index in [1.807, 2.05) is 0 Å². The smallest absolute Gasteiger partial charge is 0.213 e. The monoisotopic (exact) mass is 157 g/mol. The maximum Gasteiger partial charge on any atom is 0.213 e. The summed E-state index contributed by atoms with van der Waals surface area (Å²) >= 11 is 0. The van der Waals surface area contributed by atoms with Crippen LogP contribution in [0.15, 0.2) is 4.99 Å². The van der Waals surface area contributed by atoms with Crippen molar-refractivity contribution in [2.75, 3.05) is 13.2 Å². The van der Waals surface area contributed by atoms with Crippen molar-refractivity contribution in [2.45, 2.75) is 32.3 Å². The molecule has 1 N–H and O–H groups in total. The fourth-order valence-electron chi connectivity index (χ4n) is 1.07. The second-order valence-corrected chi connectivity index (χ2v) is 2.73. The molecule has 64 valence electrons. The number of rotatable bonds is 4. The zero-order chi connectivity index (χ0) is 8.10. The first-order valence-corrected chi connectivity index (χ1v) is 4.19. The molecule has 1 aliphatic rings. The van der Waals surface area contributed by atoms with E-state index in [-0.39, 0.29) is 0 Å². The largest absolute Gasteiger partial charge is 0.477 e. The van der Waals surface area contributed by atoms with Gasteiger partial charge in [0, 0.05) is 0 Å². The van der Waals surface area contributed by atoms with Crippen molar-refractivity contribution in [3.8, 4) is 0 Å². The van der Waals surface area contributed by atoms with E-state index in [9.17, 15) is 5.11 Å². The minimum atomic E-state index is -0.461. The van der Waals surface area contributed by atoms with E-state index in [1.165, 1.54) is 0 Å². The van der Waals surface area contributed by atoms with Gasteiger partial charge in [0.2, 0.25) is 5.90 Å². The van der Waals surface area contributed by atoms with E-state index in [1.54, 1.807) is 0 Å². The van der Waals surface area contributed by atoms with Gasteiger partial charge in [-0.1, -0.05) is 19.8 Å². The van der Waals surface area contributed by atoms with E-state index in [0.29, 0.717) is 19.0 Å². The number of nitrogens with zero attached hydrogens (tertiary/aromatic N) is 1. The van der Waals surface area contributed by atoms with Crippen molar-refractivity contribution < 1.29 is 9.84 Å². The number of ether oxygens (including phenoxy) is 1. The molecule has 0 aromatic heterocycles. The van der Waals surface area contributed by atoms with Gasteiger partial charge in [0.05, 0.1) is 6.54 Å². The number of aliphatic hydroxyl groups is 1. The lowest BCUT2D eigenvalue weighted by Crippen LogP contribution is -2.20. The van der Waals surface area contributed by atoms with Crippen LogP contribution < -0.4 is 0 Å². The predicted molar refractivity (Wildman–Crippen MR) is 43.8 cm³/mol. The van der Waals surface area contributed by atoms with Crippen LogP contribution in [0.3, 0.4) is 0 Å². The van der Waals surface area contributed by atoms with Crippen LogP contribution in [0.4, 0.5) is 0 Å². The Bertz CT molecular complexity index is 145. The molecule has 0 saturated carbocycles. The van der Waals surface area contributed by atoms with E-state index in [4.69, 9.17) is 4.74 Å². The molecular formula is C8H15NO2. The normalized spacial score (nSPS) is 19.3. The summed E-state index contributed by atoms with van der Waals surface area (Å²) in [6.07, 6.45) is 2.45. The first kappa shape index (κ1) is 8.53. The molecule has 0 aromatic rings. The summed E-state index contributed by atoms with van der Waals surface area (Å²) in [7, 11) is 0. The van der Waals surface area contributed by atoms with Crippen LogP contribution >= 0.6 is 0 Å². The Balaban J connectivity index is 2.23. The van der Waals surface area contributed by atoms with Crippen LogP contribution in [0.25, 0.3) is 0 Å². The van der Waals surface area contributed by atoms with Crippen LogP contribution in [-0.2, 0) is 4.74 Å². The molecule has 3 heteroatoms. The summed E-state index contributed by atoms with van der Waals surface area (Å²) in [6, 6.07) is 0. The average Bonchev–Trinajstić information content (AvgIpc) is 2.52. The molecule has 0 bridgehead atoms. The Morgan fingerprint density at radius 1 is 1.73 bits per heavy atom. The summed E-state index contributed by atoms with van der Waals surface area (Å²) in [6.45, 7) is 3.45. The molecule has 1 unspecified atom stereocenters. The summed E-state index contributed by atoms with van der Waals surface area (Å²) in [5, 5.41) is 9.42. The predicted octanol–water partition coefficient (Wildman–Crippen LogP) is 0.966. The molecule has 1 atom stereocenters. The average molecular weight is 157 g/mol. The third-order valence-electron chi connectivity index (χ3n) is 1.73. The maximum absolute atomic E-state index is 9.42. The summed E-state index contributed by atoms with van der Waals surface area (Å²) < 4.78 is 5.11. The van der Waals surface area contributed by atoms with Crippen LogP contribution in [0.1, 0.15) is 26.2 Å². The quantitative estimate of drug-likeness (QED) is 0.660. The SMILES string of the molecule is CCCCC(O)C1=NCCO1. The fraction of sp³-hybridized carbons (Fsp3) is 0.875. The molecule has 11 heavy (non-hydrogen) atoms. The molecule has 0 saturated heterocycles. The van der Waals surface area contributed by atoms with Crippen LogP contribution in [0.2, 0.25) is 0 Å². The fourth-order valence-corrected chi connectivity index (χ4v) is 1.07. The van der Waals surface area contributed by atoms with Gasteiger partial charge in [0.15, 0.2) is 0 Å². The standard InChI is InChI=1S/C8H15NO2/c1-2-3-4-7(10)8-9-5-6-11-8/h7,10H,2-6H2,1H3. The highest BCUT2D eigenvalue weighted by atomic mass is 16.5. The minimum absolute atomic E-state index is 0.461. The molecule has 3 nitrogen and oxygen atoms in total. The van der Waals surface area contributed by atoms with Crippen molar-refractivity contribution in [3.63, 3.8) is 0 Å². The molecule has 0 radical (unpaired) electrons. The van der Waals surface area contributed by atoms with Crippen molar-refractivity contribution in [2.24, 2.45) is 4.99 Å². The van der Waals surface area contributed by atoms with E-state index in [0.717, 1.165) is 19.3 Å². The third kappa shape index (κ3) is 2.50. The highest BCUT2D eigenvalue weighted by Gasteiger charge is 2.16. The van der Waals surface area contributed by atoms with E-state index in [2.05, 4.69) is 11.9 Å². The Morgan fingerprint density at radius 2 is 2.55 bits per heavy atom. The van der Waals surface area contributed by atoms with Gasteiger partial charge in [-0.25, -0.2) is 4.99 Å². The van der Waals surface area contributed by atoms with Gasteiger partial charge in [-0.15, -0.1) is 0 Å². The Hall–Kier alpha value is -0.570. The molecular weight excluding hydrogens is 142 g/mol. The molecule has 0 spiro atoms. The van der Waals surface area contributed by atoms with E-state index >= 15 is 0 Å². The Labute approximate surface area is 67.1 Å². The summed E-state index contributed by atoms with van der Waals surface area (Å²) in [5.41, 5.74) is 0. The second-order valence-electron chi connectivity index (χ2n) is 2.73. The number of aliphatic hydroxyl groups excluding tert-OH is 1. The lowest BCUT2D eigenvalue weighted by Gasteiger charge is -2.08. The Kier molecular flexibility index (Phi) is 3.36. The topological polar surface area (TPSA) is 41.8 Å². The van der Waals surface area contributed by atoms with Crippen LogP contribution in [0.5, 0.6) is 0 Å². The lowest BCUT2D eigenvalue weighted by molar-refractivity contribution is 0.188. The zero-order valence-electron chi connectivity index (χ0n) is 6.92. The third-order valence-corrected chi connectivity index (χ3v) is 1.73. The first-order chi connectivity index (χ1) is 5.34. The highest BCUT2D eigenvalue weighted by Crippen LogP contribution is 2.06. The minimum Gasteiger partial charge on any atom is -0.477 e. The van der Waals surface area contributed by atoms with Crippen LogP contribution in [0, 0.1) is 0 Å². The van der Waals surface area contributed by atoms with Gasteiger partial charge < -0.3 is 9.84 Å². The molecule has 1 rings (SSSR count). The van der Waals surface area contributed by atoms with Gasteiger partial charge >= 0.3 is 0 Å². The number of unbranched alkanes of at least 4 members (excludes halogenated alkanes) is 1. The molecule has 1 heterocycles. The lowest BCUT2D eigenvalue weighted by atomic mass is 10.1. The van der Waals surface area contributed by atoms with Crippen molar-refractivity contribution >= 4 is 5.90 Å². The number of aliphatic imine (C=N–C) groups is 1. The van der Waals surface area contributed by atoms with Gasteiger partial charge in [-0.2, -0.15) is 0 Å². The molecule has 1 aliphatic heterocycles. The molecule has 0 amide bonds. The second kappa shape index (κ2) is 4.34. The number of hydrogen-bond acceptors (Lipinski definition) is 3. The van der Waals surface area contributed by atoms with Crippen molar-refractivity contribution in [3.05, 3.63) is 0 Å². The molecule has 0 aromatic carbocycles. The highest BCUT2D eigenvalue weighted by molar-refractivity contribution is 5.81. The number of hydrogen-bond donors (Lipinski definition) is 1. The van der Waals surface area contributed by atoms with Crippen molar-refractivity contribution in [1.82, 2.24) is 0 Å². The van der Waals surface area contributed by atoms with Gasteiger partial charge in [-0.05, 0) is 6.42 Å². The van der Waals surface area contributed by atoms with E-state index < -0.39 is 6.10 Å². The Morgan fingerprint density at radius 3 is 3.09 bits per heavy atom. The first-order valence-electron chi connectivity index (χ1n) is 4.19. The maximum atomic E-state index is 9.42. The van der Waals surface area contributed by atoms with Crippen LogP contribution in [-0.4, -0.2) is 30.3 Å². The molecule has 0 aliphatic carbocycles. The van der Waals surface area contributed by atoms with Gasteiger partial charge in [0.25, 0.3) is 0 Å².